The third kappa shape index (κ3) is 3.43. The molecule has 3 heteroatoms. The van der Waals surface area contributed by atoms with E-state index in [0.29, 0.717) is 6.42 Å². The smallest absolute Gasteiger partial charge is 0.248 e. The molecule has 0 saturated heterocycles. The first-order valence-corrected chi connectivity index (χ1v) is 7.46. The Kier molecular flexibility index (Phi) is 4.01. The van der Waals surface area contributed by atoms with Crippen molar-refractivity contribution in [2.24, 2.45) is 23.5 Å². The molecular formula is C15H27F2N. The van der Waals surface area contributed by atoms with Gasteiger partial charge in [-0.1, -0.05) is 13.8 Å². The summed E-state index contributed by atoms with van der Waals surface area (Å²) in [5.74, 6) is -0.756. The Bertz CT molecular complexity index is 280. The van der Waals surface area contributed by atoms with Gasteiger partial charge in [-0.05, 0) is 56.3 Å². The maximum absolute atomic E-state index is 13.2. The lowest BCUT2D eigenvalue weighted by atomic mass is 9.70. The molecule has 2 aliphatic carbocycles. The summed E-state index contributed by atoms with van der Waals surface area (Å²) in [6.45, 7) is 4.54. The maximum atomic E-state index is 13.2. The quantitative estimate of drug-likeness (QED) is 0.801. The lowest BCUT2D eigenvalue weighted by Gasteiger charge is -2.40. The van der Waals surface area contributed by atoms with Crippen molar-refractivity contribution >= 4 is 0 Å². The van der Waals surface area contributed by atoms with Gasteiger partial charge < -0.3 is 5.73 Å². The summed E-state index contributed by atoms with van der Waals surface area (Å²) in [5, 5.41) is 0. The summed E-state index contributed by atoms with van der Waals surface area (Å²) in [5.41, 5.74) is 6.29. The second kappa shape index (κ2) is 5.07. The van der Waals surface area contributed by atoms with Crippen LogP contribution in [0.3, 0.4) is 0 Å². The van der Waals surface area contributed by atoms with Crippen molar-refractivity contribution in [3.8, 4) is 0 Å². The summed E-state index contributed by atoms with van der Waals surface area (Å²) >= 11 is 0. The molecule has 2 rings (SSSR count). The summed E-state index contributed by atoms with van der Waals surface area (Å²) in [6.07, 6.45) is 6.03. The van der Waals surface area contributed by atoms with E-state index in [1.807, 2.05) is 0 Å². The molecule has 0 aromatic carbocycles. The molecular weight excluding hydrogens is 232 g/mol. The highest BCUT2D eigenvalue weighted by atomic mass is 19.3. The Morgan fingerprint density at radius 3 is 2.17 bits per heavy atom. The molecule has 0 spiro atoms. The lowest BCUT2D eigenvalue weighted by Crippen LogP contribution is -2.45. The van der Waals surface area contributed by atoms with E-state index in [0.717, 1.165) is 31.1 Å². The van der Waals surface area contributed by atoms with Crippen LogP contribution in [0.1, 0.15) is 65.2 Å². The van der Waals surface area contributed by atoms with Gasteiger partial charge in [0, 0.05) is 18.4 Å². The van der Waals surface area contributed by atoms with Gasteiger partial charge in [0.05, 0.1) is 0 Å². The van der Waals surface area contributed by atoms with Crippen molar-refractivity contribution in [1.82, 2.24) is 0 Å². The third-order valence-corrected chi connectivity index (χ3v) is 5.17. The minimum Gasteiger partial charge on any atom is -0.325 e. The average Bonchev–Trinajstić information content (AvgIpc) is 2.57. The minimum atomic E-state index is -2.42. The van der Waals surface area contributed by atoms with Crippen molar-refractivity contribution in [3.63, 3.8) is 0 Å². The van der Waals surface area contributed by atoms with Crippen molar-refractivity contribution in [3.05, 3.63) is 0 Å². The molecule has 0 amide bonds. The van der Waals surface area contributed by atoms with Crippen LogP contribution in [-0.2, 0) is 0 Å². The van der Waals surface area contributed by atoms with Gasteiger partial charge in [0.1, 0.15) is 0 Å². The molecule has 1 nitrogen and oxygen atoms in total. The SMILES string of the molecule is CC(C)C1CCC(N)(CC2CCC(F)(F)C2)CC1. The molecule has 2 N–H and O–H groups in total. The molecule has 106 valence electrons. The molecule has 0 heterocycles. The molecule has 0 radical (unpaired) electrons. The predicted molar refractivity (Wildman–Crippen MR) is 70.6 cm³/mol. The molecule has 2 aliphatic rings. The maximum Gasteiger partial charge on any atom is 0.248 e. The van der Waals surface area contributed by atoms with Gasteiger partial charge in [-0.3, -0.25) is 0 Å². The molecule has 0 aliphatic heterocycles. The number of hydrogen-bond donors (Lipinski definition) is 1. The second-order valence-corrected chi connectivity index (χ2v) is 7.11. The molecule has 2 fully saturated rings. The number of hydrogen-bond acceptors (Lipinski definition) is 1. The number of nitrogens with two attached hydrogens (primary N) is 1. The van der Waals surface area contributed by atoms with Gasteiger partial charge in [-0.25, -0.2) is 8.78 Å². The van der Waals surface area contributed by atoms with Crippen LogP contribution in [0.2, 0.25) is 0 Å². The first-order valence-electron chi connectivity index (χ1n) is 7.46. The zero-order chi connectivity index (χ0) is 13.4. The third-order valence-electron chi connectivity index (χ3n) is 5.17. The van der Waals surface area contributed by atoms with Crippen molar-refractivity contribution in [2.75, 3.05) is 0 Å². The standard InChI is InChI=1S/C15H27F2N/c1-11(2)13-4-6-14(18,7-5-13)9-12-3-8-15(16,17)10-12/h11-13H,3-10,18H2,1-2H3. The van der Waals surface area contributed by atoms with Crippen LogP contribution in [0.5, 0.6) is 0 Å². The van der Waals surface area contributed by atoms with Crippen molar-refractivity contribution in [1.29, 1.82) is 0 Å². The van der Waals surface area contributed by atoms with Gasteiger partial charge in [0.15, 0.2) is 0 Å². The number of halogens is 2. The Balaban J connectivity index is 1.83. The fraction of sp³-hybridized carbons (Fsp3) is 1.00. The van der Waals surface area contributed by atoms with E-state index in [9.17, 15) is 8.78 Å². The molecule has 0 aromatic rings. The zero-order valence-corrected chi connectivity index (χ0v) is 11.7. The highest BCUT2D eigenvalue weighted by Gasteiger charge is 2.43. The minimum absolute atomic E-state index is 0.0690. The highest BCUT2D eigenvalue weighted by Crippen LogP contribution is 2.45. The Hall–Kier alpha value is -0.180. The van der Waals surface area contributed by atoms with Crippen LogP contribution in [0.15, 0.2) is 0 Å². The van der Waals surface area contributed by atoms with Gasteiger partial charge in [-0.2, -0.15) is 0 Å². The highest BCUT2D eigenvalue weighted by molar-refractivity contribution is 4.94. The topological polar surface area (TPSA) is 26.0 Å². The van der Waals surface area contributed by atoms with Crippen LogP contribution in [0, 0.1) is 17.8 Å². The molecule has 18 heavy (non-hydrogen) atoms. The van der Waals surface area contributed by atoms with Crippen LogP contribution in [-0.4, -0.2) is 11.5 Å². The molecule has 0 bridgehead atoms. The van der Waals surface area contributed by atoms with Gasteiger partial charge in [-0.15, -0.1) is 0 Å². The fourth-order valence-corrected chi connectivity index (χ4v) is 3.88. The fourth-order valence-electron chi connectivity index (χ4n) is 3.88. The molecule has 0 aromatic heterocycles. The van der Waals surface area contributed by atoms with Crippen LogP contribution >= 0.6 is 0 Å². The van der Waals surface area contributed by atoms with E-state index in [1.165, 1.54) is 12.8 Å². The second-order valence-electron chi connectivity index (χ2n) is 7.11. The van der Waals surface area contributed by atoms with E-state index in [1.54, 1.807) is 0 Å². The van der Waals surface area contributed by atoms with Gasteiger partial charge in [0.25, 0.3) is 0 Å². The first kappa shape index (κ1) is 14.2. The predicted octanol–water partition coefficient (Wildman–Crippen LogP) is 4.36. The molecule has 1 atom stereocenters. The molecule has 1 unspecified atom stereocenters. The lowest BCUT2D eigenvalue weighted by molar-refractivity contribution is 0.00318. The van der Waals surface area contributed by atoms with E-state index in [4.69, 9.17) is 5.73 Å². The summed E-state index contributed by atoms with van der Waals surface area (Å²) in [4.78, 5) is 0. The van der Waals surface area contributed by atoms with Gasteiger partial charge in [0.2, 0.25) is 5.92 Å². The van der Waals surface area contributed by atoms with Crippen molar-refractivity contribution < 1.29 is 8.78 Å². The molecule has 2 saturated carbocycles. The number of alkyl halides is 2. The van der Waals surface area contributed by atoms with Gasteiger partial charge >= 0.3 is 0 Å². The summed E-state index contributed by atoms with van der Waals surface area (Å²) in [7, 11) is 0. The van der Waals surface area contributed by atoms with Crippen molar-refractivity contribution in [2.45, 2.75) is 76.7 Å². The first-order chi connectivity index (χ1) is 8.30. The zero-order valence-electron chi connectivity index (χ0n) is 11.7. The van der Waals surface area contributed by atoms with E-state index in [2.05, 4.69) is 13.8 Å². The largest absolute Gasteiger partial charge is 0.325 e. The van der Waals surface area contributed by atoms with E-state index >= 15 is 0 Å². The van der Waals surface area contributed by atoms with E-state index in [-0.39, 0.29) is 24.3 Å². The van der Waals surface area contributed by atoms with Crippen LogP contribution in [0.25, 0.3) is 0 Å². The number of rotatable bonds is 3. The summed E-state index contributed by atoms with van der Waals surface area (Å²) in [6, 6.07) is 0. The Labute approximate surface area is 110 Å². The van der Waals surface area contributed by atoms with E-state index < -0.39 is 5.92 Å². The van der Waals surface area contributed by atoms with Crippen LogP contribution in [0.4, 0.5) is 8.78 Å². The Morgan fingerprint density at radius 2 is 1.72 bits per heavy atom. The average molecular weight is 259 g/mol. The Morgan fingerprint density at radius 1 is 1.11 bits per heavy atom. The normalized spacial score (nSPS) is 40.3. The monoisotopic (exact) mass is 259 g/mol. The van der Waals surface area contributed by atoms with Crippen LogP contribution < -0.4 is 5.73 Å². The summed E-state index contributed by atoms with van der Waals surface area (Å²) < 4.78 is 26.4.